The van der Waals surface area contributed by atoms with Gasteiger partial charge in [-0.1, -0.05) is 26.0 Å². The van der Waals surface area contributed by atoms with E-state index >= 15 is 0 Å². The van der Waals surface area contributed by atoms with Gasteiger partial charge in [-0.15, -0.1) is 0 Å². The van der Waals surface area contributed by atoms with E-state index in [0.717, 1.165) is 0 Å². The van der Waals surface area contributed by atoms with Crippen molar-refractivity contribution in [2.24, 2.45) is 0 Å². The summed E-state index contributed by atoms with van der Waals surface area (Å²) in [6, 6.07) is 7.04. The molecule has 0 aliphatic rings. The highest BCUT2D eigenvalue weighted by molar-refractivity contribution is 5.79. The van der Waals surface area contributed by atoms with Crippen LogP contribution in [0.3, 0.4) is 0 Å². The number of hydrogen-bond donors (Lipinski definition) is 0. The van der Waals surface area contributed by atoms with E-state index in [2.05, 4.69) is 55.7 Å². The molecule has 0 aliphatic heterocycles. The zero-order valence-corrected chi connectivity index (χ0v) is 9.86. The molecule has 0 amide bonds. The van der Waals surface area contributed by atoms with Crippen LogP contribution < -0.4 is 0 Å². The Morgan fingerprint density at radius 2 is 1.87 bits per heavy atom. The molecule has 1 aromatic heterocycles. The molecule has 80 valence electrons. The lowest BCUT2D eigenvalue weighted by atomic mass is 10.0. The maximum Gasteiger partial charge on any atom is 0.0688 e. The summed E-state index contributed by atoms with van der Waals surface area (Å²) in [4.78, 5) is 0. The first-order valence-electron chi connectivity index (χ1n) is 5.56. The molecule has 2 nitrogen and oxygen atoms in total. The predicted octanol–water partition coefficient (Wildman–Crippen LogP) is 3.74. The van der Waals surface area contributed by atoms with Crippen LogP contribution in [0.25, 0.3) is 10.9 Å². The fourth-order valence-electron chi connectivity index (χ4n) is 1.83. The van der Waals surface area contributed by atoms with Gasteiger partial charge in [0.2, 0.25) is 0 Å². The molecule has 1 heterocycles. The van der Waals surface area contributed by atoms with Crippen LogP contribution in [0.2, 0.25) is 0 Å². The maximum absolute atomic E-state index is 4.41. The molecule has 0 aliphatic carbocycles. The standard InChI is InChI=1S/C13H18N2/c1-9(2)11-5-6-12-8-14-15(10(3)4)13(12)7-11/h5-10H,1-4H3. The number of fused-ring (bicyclic) bond motifs is 1. The van der Waals surface area contributed by atoms with Crippen LogP contribution in [0, 0.1) is 0 Å². The molecule has 0 unspecified atom stereocenters. The first-order valence-corrected chi connectivity index (χ1v) is 5.56. The van der Waals surface area contributed by atoms with Gasteiger partial charge in [-0.2, -0.15) is 5.10 Å². The van der Waals surface area contributed by atoms with Gasteiger partial charge in [0, 0.05) is 11.4 Å². The van der Waals surface area contributed by atoms with Crippen LogP contribution >= 0.6 is 0 Å². The third-order valence-corrected chi connectivity index (χ3v) is 2.78. The SMILES string of the molecule is CC(C)c1ccc2cnn(C(C)C)c2c1. The molecular weight excluding hydrogens is 184 g/mol. The minimum Gasteiger partial charge on any atom is -0.262 e. The maximum atomic E-state index is 4.41. The Kier molecular flexibility index (Phi) is 2.51. The van der Waals surface area contributed by atoms with E-state index in [4.69, 9.17) is 0 Å². The summed E-state index contributed by atoms with van der Waals surface area (Å²) in [5.41, 5.74) is 2.63. The molecule has 2 heteroatoms. The van der Waals surface area contributed by atoms with Crippen LogP contribution in [0.1, 0.15) is 45.2 Å². The lowest BCUT2D eigenvalue weighted by Gasteiger charge is -2.09. The molecule has 0 saturated heterocycles. The number of benzene rings is 1. The van der Waals surface area contributed by atoms with Crippen molar-refractivity contribution in [3.8, 4) is 0 Å². The zero-order valence-electron chi connectivity index (χ0n) is 9.86. The van der Waals surface area contributed by atoms with E-state index in [1.165, 1.54) is 16.5 Å². The second kappa shape index (κ2) is 3.69. The Balaban J connectivity index is 2.61. The number of aromatic nitrogens is 2. The Bertz CT molecular complexity index is 466. The molecule has 0 radical (unpaired) electrons. The Morgan fingerprint density at radius 1 is 1.13 bits per heavy atom. The largest absolute Gasteiger partial charge is 0.262 e. The molecule has 15 heavy (non-hydrogen) atoms. The Morgan fingerprint density at radius 3 is 2.47 bits per heavy atom. The van der Waals surface area contributed by atoms with Crippen molar-refractivity contribution in [2.75, 3.05) is 0 Å². The molecule has 0 N–H and O–H groups in total. The third-order valence-electron chi connectivity index (χ3n) is 2.78. The minimum absolute atomic E-state index is 0.421. The second-order valence-electron chi connectivity index (χ2n) is 4.66. The molecular formula is C13H18N2. The topological polar surface area (TPSA) is 17.8 Å². The number of nitrogens with zero attached hydrogens (tertiary/aromatic N) is 2. The molecule has 2 aromatic rings. The molecule has 2 rings (SSSR count). The predicted molar refractivity (Wildman–Crippen MR) is 64.2 cm³/mol. The molecule has 1 aromatic carbocycles. The molecule has 0 bridgehead atoms. The van der Waals surface area contributed by atoms with Crippen LogP contribution in [0.4, 0.5) is 0 Å². The van der Waals surface area contributed by atoms with E-state index in [-0.39, 0.29) is 0 Å². The first kappa shape index (κ1) is 10.2. The lowest BCUT2D eigenvalue weighted by Crippen LogP contribution is -2.02. The van der Waals surface area contributed by atoms with Crippen molar-refractivity contribution in [3.63, 3.8) is 0 Å². The van der Waals surface area contributed by atoms with Crippen LogP contribution in [0.5, 0.6) is 0 Å². The highest BCUT2D eigenvalue weighted by atomic mass is 15.3. The monoisotopic (exact) mass is 202 g/mol. The summed E-state index contributed by atoms with van der Waals surface area (Å²) < 4.78 is 2.08. The van der Waals surface area contributed by atoms with Crippen molar-refractivity contribution in [1.82, 2.24) is 9.78 Å². The smallest absolute Gasteiger partial charge is 0.0688 e. The highest BCUT2D eigenvalue weighted by Crippen LogP contribution is 2.23. The third kappa shape index (κ3) is 1.76. The van der Waals surface area contributed by atoms with Gasteiger partial charge < -0.3 is 0 Å². The average molecular weight is 202 g/mol. The van der Waals surface area contributed by atoms with Crippen molar-refractivity contribution >= 4 is 10.9 Å². The van der Waals surface area contributed by atoms with Gasteiger partial charge in [-0.05, 0) is 31.4 Å². The summed E-state index contributed by atoms with van der Waals surface area (Å²) in [5.74, 6) is 0.574. The fraction of sp³-hybridized carbons (Fsp3) is 0.462. The van der Waals surface area contributed by atoms with Crippen LogP contribution in [-0.2, 0) is 0 Å². The molecule has 0 atom stereocenters. The van der Waals surface area contributed by atoms with E-state index in [9.17, 15) is 0 Å². The number of rotatable bonds is 2. The first-order chi connectivity index (χ1) is 7.09. The lowest BCUT2D eigenvalue weighted by molar-refractivity contribution is 0.550. The summed E-state index contributed by atoms with van der Waals surface area (Å²) in [6.45, 7) is 8.76. The van der Waals surface area contributed by atoms with Gasteiger partial charge in [-0.3, -0.25) is 4.68 Å². The van der Waals surface area contributed by atoms with E-state index in [1.54, 1.807) is 0 Å². The second-order valence-corrected chi connectivity index (χ2v) is 4.66. The van der Waals surface area contributed by atoms with E-state index in [0.29, 0.717) is 12.0 Å². The summed E-state index contributed by atoms with van der Waals surface area (Å²) >= 11 is 0. The fourth-order valence-corrected chi connectivity index (χ4v) is 1.83. The van der Waals surface area contributed by atoms with Gasteiger partial charge in [-0.25, -0.2) is 0 Å². The summed E-state index contributed by atoms with van der Waals surface area (Å²) in [6.07, 6.45) is 1.94. The van der Waals surface area contributed by atoms with E-state index in [1.807, 2.05) is 6.20 Å². The molecule has 0 spiro atoms. The number of hydrogen-bond acceptors (Lipinski definition) is 1. The van der Waals surface area contributed by atoms with Crippen LogP contribution in [0.15, 0.2) is 24.4 Å². The Hall–Kier alpha value is -1.31. The quantitative estimate of drug-likeness (QED) is 0.725. The summed E-state index contributed by atoms with van der Waals surface area (Å²) in [5, 5.41) is 5.64. The molecule has 0 fully saturated rings. The average Bonchev–Trinajstić information content (AvgIpc) is 2.59. The summed E-state index contributed by atoms with van der Waals surface area (Å²) in [7, 11) is 0. The minimum atomic E-state index is 0.421. The van der Waals surface area contributed by atoms with Crippen molar-refractivity contribution in [3.05, 3.63) is 30.0 Å². The van der Waals surface area contributed by atoms with Crippen molar-refractivity contribution in [1.29, 1.82) is 0 Å². The zero-order chi connectivity index (χ0) is 11.0. The molecule has 0 saturated carbocycles. The van der Waals surface area contributed by atoms with Gasteiger partial charge >= 0.3 is 0 Å². The van der Waals surface area contributed by atoms with Crippen LogP contribution in [-0.4, -0.2) is 9.78 Å². The van der Waals surface area contributed by atoms with Crippen molar-refractivity contribution < 1.29 is 0 Å². The van der Waals surface area contributed by atoms with Gasteiger partial charge in [0.15, 0.2) is 0 Å². The Labute approximate surface area is 90.9 Å². The van der Waals surface area contributed by atoms with Gasteiger partial charge in [0.05, 0.1) is 11.7 Å². The highest BCUT2D eigenvalue weighted by Gasteiger charge is 2.07. The normalized spacial score (nSPS) is 11.9. The van der Waals surface area contributed by atoms with Crippen molar-refractivity contribution in [2.45, 2.75) is 39.7 Å². The van der Waals surface area contributed by atoms with Gasteiger partial charge in [0.1, 0.15) is 0 Å². The van der Waals surface area contributed by atoms with Gasteiger partial charge in [0.25, 0.3) is 0 Å². The van der Waals surface area contributed by atoms with E-state index < -0.39 is 0 Å².